The Morgan fingerprint density at radius 3 is 2.58 bits per heavy atom. The molecule has 0 aliphatic carbocycles. The van der Waals surface area contributed by atoms with E-state index < -0.39 is 5.91 Å². The number of nitrogens with one attached hydrogen (secondary N) is 2. The Hall–Kier alpha value is -2.92. The monoisotopic (exact) mass is 564 g/mol. The summed E-state index contributed by atoms with van der Waals surface area (Å²) in [6.07, 6.45) is 0.695. The summed E-state index contributed by atoms with van der Waals surface area (Å²) in [7, 11) is 0. The number of likely N-dealkylation sites (tertiary alicyclic amines) is 1. The van der Waals surface area contributed by atoms with E-state index >= 15 is 0 Å². The molecule has 1 aromatic carbocycles. The summed E-state index contributed by atoms with van der Waals surface area (Å²) in [5, 5.41) is 20.2. The minimum absolute atomic E-state index is 0.0288. The van der Waals surface area contributed by atoms with E-state index in [9.17, 15) is 19.5 Å². The predicted octanol–water partition coefficient (Wildman–Crippen LogP) is 4.99. The lowest BCUT2D eigenvalue weighted by Gasteiger charge is -2.15. The Bertz CT molecular complexity index is 1370. The van der Waals surface area contributed by atoms with Gasteiger partial charge in [0, 0.05) is 31.4 Å². The molecule has 12 heteroatoms. The molecule has 4 rings (SSSR count). The maximum atomic E-state index is 12.8. The molecule has 8 nitrogen and oxygen atoms in total. The molecule has 1 saturated heterocycles. The van der Waals surface area contributed by atoms with Gasteiger partial charge in [0.05, 0.1) is 36.0 Å². The Morgan fingerprint density at radius 2 is 1.86 bits per heavy atom. The molecule has 0 bridgehead atoms. The molecule has 3 N–H and O–H groups in total. The van der Waals surface area contributed by atoms with Crippen LogP contribution in [0.25, 0.3) is 10.4 Å². The van der Waals surface area contributed by atoms with Gasteiger partial charge in [-0.1, -0.05) is 29.3 Å². The van der Waals surface area contributed by atoms with Crippen molar-refractivity contribution >= 4 is 69.3 Å². The molecular formula is C24H22Cl2N4O4S2. The summed E-state index contributed by atoms with van der Waals surface area (Å²) in [6.45, 7) is 4.10. The first-order chi connectivity index (χ1) is 17.1. The fraction of sp³-hybridized carbons (Fsp3) is 0.250. The van der Waals surface area contributed by atoms with Crippen molar-refractivity contribution in [1.82, 2.24) is 15.6 Å². The number of hydrazone groups is 1. The number of benzene rings is 1. The van der Waals surface area contributed by atoms with Gasteiger partial charge in [0.15, 0.2) is 0 Å². The van der Waals surface area contributed by atoms with Crippen molar-refractivity contribution in [2.75, 3.05) is 13.1 Å². The number of halogens is 2. The second kappa shape index (κ2) is 11.0. The van der Waals surface area contributed by atoms with E-state index in [4.69, 9.17) is 23.2 Å². The maximum absolute atomic E-state index is 12.8. The van der Waals surface area contributed by atoms with Crippen molar-refractivity contribution in [2.24, 2.45) is 5.10 Å². The Labute approximate surface area is 225 Å². The van der Waals surface area contributed by atoms with Gasteiger partial charge >= 0.3 is 0 Å². The Kier molecular flexibility index (Phi) is 7.99. The van der Waals surface area contributed by atoms with Crippen molar-refractivity contribution in [3.05, 3.63) is 61.1 Å². The summed E-state index contributed by atoms with van der Waals surface area (Å²) in [6, 6.07) is 8.21. The van der Waals surface area contributed by atoms with Crippen molar-refractivity contribution in [3.8, 4) is 16.2 Å². The first-order valence-electron chi connectivity index (χ1n) is 10.9. The lowest BCUT2D eigenvalue weighted by Crippen LogP contribution is -2.37. The number of hydrogen-bond acceptors (Lipinski definition) is 7. The molecule has 1 unspecified atom stereocenters. The van der Waals surface area contributed by atoms with Crippen LogP contribution in [0.15, 0.2) is 40.8 Å². The van der Waals surface area contributed by atoms with E-state index in [2.05, 4.69) is 15.8 Å². The minimum Gasteiger partial charge on any atom is -0.506 e. The fourth-order valence-corrected chi connectivity index (χ4v) is 5.95. The number of amides is 3. The van der Waals surface area contributed by atoms with Crippen LogP contribution >= 0.6 is 45.9 Å². The number of carbonyl (C=O) groups excluding carboxylic acids is 3. The summed E-state index contributed by atoms with van der Waals surface area (Å²) in [5.41, 5.74) is 4.09. The summed E-state index contributed by atoms with van der Waals surface area (Å²) in [4.78, 5) is 39.7. The van der Waals surface area contributed by atoms with Gasteiger partial charge in [0.1, 0.15) is 5.75 Å². The molecule has 1 aliphatic rings. The van der Waals surface area contributed by atoms with Crippen LogP contribution in [0.3, 0.4) is 0 Å². The molecule has 3 aromatic rings. The zero-order valence-corrected chi connectivity index (χ0v) is 22.4. The fourth-order valence-electron chi connectivity index (χ4n) is 3.78. The number of nitrogens with zero attached hydrogens (tertiary/aromatic N) is 2. The lowest BCUT2D eigenvalue weighted by atomic mass is 10.1. The van der Waals surface area contributed by atoms with Crippen molar-refractivity contribution in [1.29, 1.82) is 0 Å². The average Bonchev–Trinajstić information content (AvgIpc) is 3.58. The molecule has 188 valence electrons. The molecule has 0 spiro atoms. The number of hydrogen-bond donors (Lipinski definition) is 3. The van der Waals surface area contributed by atoms with Crippen LogP contribution in [0.5, 0.6) is 5.75 Å². The van der Waals surface area contributed by atoms with Crippen LogP contribution in [0, 0.1) is 0 Å². The van der Waals surface area contributed by atoms with Gasteiger partial charge in [-0.25, -0.2) is 5.43 Å². The highest BCUT2D eigenvalue weighted by Crippen LogP contribution is 2.40. The minimum atomic E-state index is -0.463. The second-order valence-electron chi connectivity index (χ2n) is 8.20. The van der Waals surface area contributed by atoms with E-state index in [-0.39, 0.29) is 23.6 Å². The first kappa shape index (κ1) is 26.2. The van der Waals surface area contributed by atoms with Crippen LogP contribution in [0.4, 0.5) is 0 Å². The van der Waals surface area contributed by atoms with Crippen molar-refractivity contribution in [2.45, 2.75) is 26.3 Å². The lowest BCUT2D eigenvalue weighted by molar-refractivity contribution is -0.119. The number of carbonyl (C=O) groups is 3. The molecular weight excluding hydrogens is 543 g/mol. The first-order valence-corrected chi connectivity index (χ1v) is 13.4. The maximum Gasteiger partial charge on any atom is 0.281 e. The molecule has 0 saturated carbocycles. The smallest absolute Gasteiger partial charge is 0.281 e. The highest BCUT2D eigenvalue weighted by molar-refractivity contribution is 7.16. The zero-order valence-electron chi connectivity index (χ0n) is 19.3. The van der Waals surface area contributed by atoms with E-state index in [1.54, 1.807) is 47.5 Å². The standard InChI is InChI=1S/C24H22Cl2N4O4S2/c1-12(16-11-35-22(21(16)32)14-3-4-17(25)18(26)9-14)28-29-23(33)19-5-6-20(36-19)24(34)30-8-7-15(10-30)27-13(2)31/h3-6,9,11,15,32H,7-8,10H2,1-2H3,(H,27,31)(H,29,33)/b28-12+. The Balaban J connectivity index is 1.40. The third-order valence-electron chi connectivity index (χ3n) is 5.58. The van der Waals surface area contributed by atoms with Crippen LogP contribution in [-0.2, 0) is 4.79 Å². The summed E-state index contributed by atoms with van der Waals surface area (Å²) < 4.78 is 0. The van der Waals surface area contributed by atoms with Gasteiger partial charge in [-0.05, 0) is 43.2 Å². The van der Waals surface area contributed by atoms with E-state index in [1.807, 2.05) is 0 Å². The largest absolute Gasteiger partial charge is 0.506 e. The second-order valence-corrected chi connectivity index (χ2v) is 11.0. The van der Waals surface area contributed by atoms with Gasteiger partial charge in [-0.2, -0.15) is 5.10 Å². The molecule has 2 aromatic heterocycles. The summed E-state index contributed by atoms with van der Waals surface area (Å²) >= 11 is 14.5. The zero-order chi connectivity index (χ0) is 26.0. The number of thiophene rings is 2. The molecule has 1 aliphatic heterocycles. The predicted molar refractivity (Wildman–Crippen MR) is 144 cm³/mol. The average molecular weight is 566 g/mol. The molecule has 36 heavy (non-hydrogen) atoms. The van der Waals surface area contributed by atoms with E-state index in [0.29, 0.717) is 61.0 Å². The van der Waals surface area contributed by atoms with Crippen LogP contribution in [-0.4, -0.2) is 52.6 Å². The third-order valence-corrected chi connectivity index (χ3v) is 8.41. The van der Waals surface area contributed by atoms with Gasteiger partial charge < -0.3 is 15.3 Å². The van der Waals surface area contributed by atoms with Crippen molar-refractivity contribution in [3.63, 3.8) is 0 Å². The number of aromatic hydroxyl groups is 1. The molecule has 0 radical (unpaired) electrons. The van der Waals surface area contributed by atoms with Crippen LogP contribution < -0.4 is 10.7 Å². The third kappa shape index (κ3) is 5.73. The molecule has 1 atom stereocenters. The topological polar surface area (TPSA) is 111 Å². The van der Waals surface area contributed by atoms with Gasteiger partial charge in [-0.3, -0.25) is 14.4 Å². The van der Waals surface area contributed by atoms with Crippen LogP contribution in [0.2, 0.25) is 10.0 Å². The summed E-state index contributed by atoms with van der Waals surface area (Å²) in [5.74, 6) is -0.734. The van der Waals surface area contributed by atoms with Crippen molar-refractivity contribution < 1.29 is 19.5 Å². The molecule has 3 heterocycles. The highest BCUT2D eigenvalue weighted by atomic mass is 35.5. The van der Waals surface area contributed by atoms with Gasteiger partial charge in [0.25, 0.3) is 11.8 Å². The van der Waals surface area contributed by atoms with E-state index in [0.717, 1.165) is 11.3 Å². The SMILES string of the molecule is CC(=O)NC1CCN(C(=O)c2ccc(C(=O)N/N=C(\C)c3csc(-c4ccc(Cl)c(Cl)c4)c3O)s2)C1. The quantitative estimate of drug-likeness (QED) is 0.289. The highest BCUT2D eigenvalue weighted by Gasteiger charge is 2.28. The van der Waals surface area contributed by atoms with Gasteiger partial charge in [-0.15, -0.1) is 22.7 Å². The Morgan fingerprint density at radius 1 is 1.11 bits per heavy atom. The van der Waals surface area contributed by atoms with Crippen LogP contribution in [0.1, 0.15) is 45.2 Å². The van der Waals surface area contributed by atoms with E-state index in [1.165, 1.54) is 18.3 Å². The molecule has 1 fully saturated rings. The normalized spacial score (nSPS) is 15.7. The number of rotatable bonds is 6. The van der Waals surface area contributed by atoms with Gasteiger partial charge in [0.2, 0.25) is 5.91 Å². The molecule has 3 amide bonds.